The first-order chi connectivity index (χ1) is 14.3. The number of thiazole rings is 1. The molecule has 2 heterocycles. The Morgan fingerprint density at radius 1 is 1.23 bits per heavy atom. The van der Waals surface area contributed by atoms with Gasteiger partial charge in [-0.3, -0.25) is 14.4 Å². The van der Waals surface area contributed by atoms with Gasteiger partial charge < -0.3 is 21.4 Å². The molecular weight excluding hydrogens is 409 g/mol. The van der Waals surface area contributed by atoms with Crippen LogP contribution in [0.15, 0.2) is 41.9 Å². The monoisotopic (exact) mass is 429 g/mol. The Balaban J connectivity index is 1.71. The summed E-state index contributed by atoms with van der Waals surface area (Å²) < 4.78 is 13.9. The second-order valence-corrected chi connectivity index (χ2v) is 7.73. The summed E-state index contributed by atoms with van der Waals surface area (Å²) in [5, 5.41) is 7.29. The van der Waals surface area contributed by atoms with E-state index in [-0.39, 0.29) is 17.2 Å². The van der Waals surface area contributed by atoms with E-state index < -0.39 is 29.6 Å². The van der Waals surface area contributed by atoms with E-state index in [0.29, 0.717) is 16.4 Å². The highest BCUT2D eigenvalue weighted by Crippen LogP contribution is 2.25. The smallest absolute Gasteiger partial charge is 0.265 e. The molecule has 1 unspecified atom stereocenters. The number of anilines is 1. The van der Waals surface area contributed by atoms with Gasteiger partial charge in [-0.15, -0.1) is 11.3 Å². The maximum absolute atomic E-state index is 13.9. The number of H-pyrrole nitrogens is 1. The summed E-state index contributed by atoms with van der Waals surface area (Å²) in [5.74, 6) is -2.64. The topological polar surface area (TPSA) is 130 Å². The highest BCUT2D eigenvalue weighted by atomic mass is 32.1. The summed E-state index contributed by atoms with van der Waals surface area (Å²) in [6.45, 7) is 3.54. The molecule has 2 aromatic heterocycles. The molecule has 3 amide bonds. The number of benzene rings is 1. The third kappa shape index (κ3) is 4.71. The zero-order valence-electron chi connectivity index (χ0n) is 16.2. The number of aromatic nitrogens is 2. The lowest BCUT2D eigenvalue weighted by molar-refractivity contribution is -0.118. The number of nitrogens with two attached hydrogens (primary N) is 1. The van der Waals surface area contributed by atoms with Gasteiger partial charge >= 0.3 is 0 Å². The van der Waals surface area contributed by atoms with Crippen molar-refractivity contribution in [3.63, 3.8) is 0 Å². The Bertz CT molecular complexity index is 1090. The summed E-state index contributed by atoms with van der Waals surface area (Å²) >= 11 is 1.19. The fraction of sp³-hybridized carbons (Fsp3) is 0.200. The average Bonchev–Trinajstić information content (AvgIpc) is 3.35. The van der Waals surface area contributed by atoms with Gasteiger partial charge in [0, 0.05) is 17.1 Å². The van der Waals surface area contributed by atoms with Gasteiger partial charge in [-0.05, 0) is 24.1 Å². The Kier molecular flexibility index (Phi) is 6.26. The molecule has 3 rings (SSSR count). The first-order valence-corrected chi connectivity index (χ1v) is 9.94. The van der Waals surface area contributed by atoms with E-state index in [1.165, 1.54) is 29.5 Å². The molecular formula is C20H20FN5O3S. The molecule has 1 aromatic carbocycles. The number of carbonyl (C=O) groups is 3. The van der Waals surface area contributed by atoms with Gasteiger partial charge in [-0.1, -0.05) is 26.0 Å². The van der Waals surface area contributed by atoms with Crippen molar-refractivity contribution in [3.05, 3.63) is 59.0 Å². The summed E-state index contributed by atoms with van der Waals surface area (Å²) in [4.78, 5) is 43.4. The van der Waals surface area contributed by atoms with Gasteiger partial charge in [-0.25, -0.2) is 9.37 Å². The minimum absolute atomic E-state index is 0.134. The molecule has 5 N–H and O–H groups in total. The molecule has 3 aromatic rings. The Labute approximate surface area is 175 Å². The number of aromatic amines is 1. The normalized spacial score (nSPS) is 11.9. The Hall–Kier alpha value is -3.53. The number of hydrogen-bond acceptors (Lipinski definition) is 5. The van der Waals surface area contributed by atoms with Crippen molar-refractivity contribution in [3.8, 4) is 11.3 Å². The number of primary amides is 1. The standard InChI is InChI=1S/C20H20FN5O3S/c1-10(2)16(25-18(28)12-5-3-4-6-13(12)21)19(29)26-20-24-15(9-30-20)11-7-14(17(22)27)23-8-11/h3-10,16,23H,1-2H3,(H2,22,27)(H,25,28)(H,24,26,29). The number of hydrogen-bond donors (Lipinski definition) is 4. The van der Waals surface area contributed by atoms with E-state index >= 15 is 0 Å². The van der Waals surface area contributed by atoms with E-state index in [9.17, 15) is 18.8 Å². The minimum atomic E-state index is -0.891. The second-order valence-electron chi connectivity index (χ2n) is 6.87. The third-order valence-electron chi connectivity index (χ3n) is 4.33. The van der Waals surface area contributed by atoms with Crippen molar-refractivity contribution in [1.29, 1.82) is 0 Å². The zero-order valence-corrected chi connectivity index (χ0v) is 17.0. The summed E-state index contributed by atoms with van der Waals surface area (Å²) in [7, 11) is 0. The van der Waals surface area contributed by atoms with Crippen LogP contribution < -0.4 is 16.4 Å². The Morgan fingerprint density at radius 2 is 1.97 bits per heavy atom. The molecule has 0 aliphatic rings. The number of amides is 3. The van der Waals surface area contributed by atoms with E-state index in [0.717, 1.165) is 0 Å². The Morgan fingerprint density at radius 3 is 2.60 bits per heavy atom. The van der Waals surface area contributed by atoms with Crippen LogP contribution >= 0.6 is 11.3 Å². The van der Waals surface area contributed by atoms with E-state index in [2.05, 4.69) is 20.6 Å². The summed E-state index contributed by atoms with van der Waals surface area (Å²) in [6, 6.07) is 6.23. The van der Waals surface area contributed by atoms with Crippen molar-refractivity contribution < 1.29 is 18.8 Å². The van der Waals surface area contributed by atoms with Crippen LogP contribution in [0.3, 0.4) is 0 Å². The highest BCUT2D eigenvalue weighted by Gasteiger charge is 2.26. The van der Waals surface area contributed by atoms with Crippen LogP contribution in [-0.2, 0) is 4.79 Å². The number of rotatable bonds is 7. The molecule has 1 atom stereocenters. The van der Waals surface area contributed by atoms with Gasteiger partial charge in [0.15, 0.2) is 5.13 Å². The molecule has 0 saturated carbocycles. The fourth-order valence-electron chi connectivity index (χ4n) is 2.73. The van der Waals surface area contributed by atoms with E-state index in [1.807, 2.05) is 0 Å². The molecule has 0 aliphatic carbocycles. The molecule has 10 heteroatoms. The van der Waals surface area contributed by atoms with Crippen LogP contribution in [0.1, 0.15) is 34.7 Å². The lowest BCUT2D eigenvalue weighted by atomic mass is 10.0. The van der Waals surface area contributed by atoms with Crippen molar-refractivity contribution >= 4 is 34.2 Å². The molecule has 0 bridgehead atoms. The number of nitrogens with one attached hydrogen (secondary N) is 3. The number of halogens is 1. The van der Waals surface area contributed by atoms with Crippen LogP contribution in [-0.4, -0.2) is 33.7 Å². The molecule has 0 saturated heterocycles. The van der Waals surface area contributed by atoms with Gasteiger partial charge in [0.2, 0.25) is 5.91 Å². The van der Waals surface area contributed by atoms with Crippen LogP contribution in [0.5, 0.6) is 0 Å². The quantitative estimate of drug-likeness (QED) is 0.460. The predicted molar refractivity (Wildman–Crippen MR) is 112 cm³/mol. The summed E-state index contributed by atoms with van der Waals surface area (Å²) in [6.07, 6.45) is 1.59. The fourth-order valence-corrected chi connectivity index (χ4v) is 3.45. The van der Waals surface area contributed by atoms with Crippen LogP contribution in [0.4, 0.5) is 9.52 Å². The van der Waals surface area contributed by atoms with Gasteiger partial charge in [0.05, 0.1) is 11.3 Å². The maximum Gasteiger partial charge on any atom is 0.265 e. The lowest BCUT2D eigenvalue weighted by Gasteiger charge is -2.21. The van der Waals surface area contributed by atoms with Crippen LogP contribution in [0, 0.1) is 11.7 Å². The number of carbonyl (C=O) groups excluding carboxylic acids is 3. The number of nitrogens with zero attached hydrogens (tertiary/aromatic N) is 1. The van der Waals surface area contributed by atoms with Gasteiger partial charge in [0.1, 0.15) is 17.6 Å². The van der Waals surface area contributed by atoms with E-state index in [4.69, 9.17) is 5.73 Å². The molecule has 0 spiro atoms. The highest BCUT2D eigenvalue weighted by molar-refractivity contribution is 7.14. The third-order valence-corrected chi connectivity index (χ3v) is 5.09. The SMILES string of the molecule is CC(C)C(NC(=O)c1ccccc1F)C(=O)Nc1nc(-c2c[nH]c(C(N)=O)c2)cs1. The van der Waals surface area contributed by atoms with Crippen molar-refractivity contribution in [1.82, 2.24) is 15.3 Å². The van der Waals surface area contributed by atoms with Crippen LogP contribution in [0.2, 0.25) is 0 Å². The molecule has 156 valence electrons. The zero-order chi connectivity index (χ0) is 21.8. The first kappa shape index (κ1) is 21.2. The first-order valence-electron chi connectivity index (χ1n) is 9.06. The van der Waals surface area contributed by atoms with Crippen molar-refractivity contribution in [2.24, 2.45) is 11.7 Å². The molecule has 0 radical (unpaired) electrons. The largest absolute Gasteiger partial charge is 0.364 e. The van der Waals surface area contributed by atoms with Gasteiger partial charge in [0.25, 0.3) is 11.8 Å². The second kappa shape index (κ2) is 8.87. The minimum Gasteiger partial charge on any atom is -0.364 e. The van der Waals surface area contributed by atoms with E-state index in [1.54, 1.807) is 37.6 Å². The van der Waals surface area contributed by atoms with Gasteiger partial charge in [-0.2, -0.15) is 0 Å². The lowest BCUT2D eigenvalue weighted by Crippen LogP contribution is -2.47. The predicted octanol–water partition coefficient (Wildman–Crippen LogP) is 2.77. The summed E-state index contributed by atoms with van der Waals surface area (Å²) in [5.41, 5.74) is 6.54. The average molecular weight is 429 g/mol. The maximum atomic E-state index is 13.9. The molecule has 30 heavy (non-hydrogen) atoms. The van der Waals surface area contributed by atoms with Crippen LogP contribution in [0.25, 0.3) is 11.3 Å². The van der Waals surface area contributed by atoms with Crippen molar-refractivity contribution in [2.45, 2.75) is 19.9 Å². The molecule has 0 fully saturated rings. The molecule has 0 aliphatic heterocycles. The molecule has 8 nitrogen and oxygen atoms in total. The van der Waals surface area contributed by atoms with Crippen molar-refractivity contribution in [2.75, 3.05) is 5.32 Å².